The lowest BCUT2D eigenvalue weighted by Crippen LogP contribution is -2.37. The van der Waals surface area contributed by atoms with Gasteiger partial charge >= 0.3 is 0 Å². The maximum atomic E-state index is 11.5. The van der Waals surface area contributed by atoms with Crippen molar-refractivity contribution in [2.75, 3.05) is 11.9 Å². The van der Waals surface area contributed by atoms with Crippen LogP contribution in [-0.4, -0.2) is 18.5 Å². The molecule has 0 aliphatic rings. The minimum absolute atomic E-state index is 0.0538. The highest BCUT2D eigenvalue weighted by Gasteiger charge is 2.10. The van der Waals surface area contributed by atoms with Crippen LogP contribution >= 0.6 is 11.3 Å². The van der Waals surface area contributed by atoms with Crippen LogP contribution in [0.2, 0.25) is 0 Å². The molecule has 1 heterocycles. The Morgan fingerprint density at radius 1 is 1.64 bits per heavy atom. The van der Waals surface area contributed by atoms with E-state index < -0.39 is 0 Å². The number of amides is 1. The predicted octanol–water partition coefficient (Wildman–Crippen LogP) is 2.07. The summed E-state index contributed by atoms with van der Waals surface area (Å²) in [5, 5.41) is 9.95. The predicted molar refractivity (Wildman–Crippen MR) is 60.7 cm³/mol. The molecular formula is C10H16N2OS. The topological polar surface area (TPSA) is 41.1 Å². The van der Waals surface area contributed by atoms with E-state index in [9.17, 15) is 4.79 Å². The molecule has 0 aliphatic carbocycles. The summed E-state index contributed by atoms with van der Waals surface area (Å²) < 4.78 is 0. The number of hydrogen-bond donors (Lipinski definition) is 2. The van der Waals surface area contributed by atoms with Gasteiger partial charge in [-0.3, -0.25) is 4.79 Å². The first-order chi connectivity index (χ1) is 6.74. The fraction of sp³-hybridized carbons (Fsp3) is 0.500. The van der Waals surface area contributed by atoms with Gasteiger partial charge in [0.15, 0.2) is 0 Å². The molecule has 3 nitrogen and oxygen atoms in total. The van der Waals surface area contributed by atoms with Crippen LogP contribution in [0.15, 0.2) is 16.8 Å². The van der Waals surface area contributed by atoms with Crippen LogP contribution in [0.25, 0.3) is 0 Å². The average molecular weight is 212 g/mol. The zero-order valence-corrected chi connectivity index (χ0v) is 9.36. The number of carbonyl (C=O) groups excluding carboxylic acids is 1. The van der Waals surface area contributed by atoms with Crippen molar-refractivity contribution in [1.29, 1.82) is 0 Å². The van der Waals surface area contributed by atoms with Gasteiger partial charge in [0.25, 0.3) is 0 Å². The highest BCUT2D eigenvalue weighted by molar-refractivity contribution is 7.08. The molecule has 0 radical (unpaired) electrons. The molecule has 78 valence electrons. The van der Waals surface area contributed by atoms with E-state index in [0.717, 1.165) is 18.7 Å². The lowest BCUT2D eigenvalue weighted by atomic mass is 10.3. The van der Waals surface area contributed by atoms with Crippen molar-refractivity contribution in [3.05, 3.63) is 16.8 Å². The number of thiophene rings is 1. The van der Waals surface area contributed by atoms with Crippen molar-refractivity contribution < 1.29 is 4.79 Å². The quantitative estimate of drug-likeness (QED) is 0.784. The second kappa shape index (κ2) is 5.65. The second-order valence-electron chi connectivity index (χ2n) is 3.17. The lowest BCUT2D eigenvalue weighted by Gasteiger charge is -2.13. The number of anilines is 1. The first-order valence-corrected chi connectivity index (χ1v) is 5.74. The van der Waals surface area contributed by atoms with Crippen molar-refractivity contribution in [2.24, 2.45) is 0 Å². The van der Waals surface area contributed by atoms with Gasteiger partial charge in [0.05, 0.1) is 0 Å². The summed E-state index contributed by atoms with van der Waals surface area (Å²) in [4.78, 5) is 11.5. The third-order valence-electron chi connectivity index (χ3n) is 1.85. The van der Waals surface area contributed by atoms with E-state index in [1.807, 2.05) is 30.7 Å². The fourth-order valence-electron chi connectivity index (χ4n) is 1.06. The van der Waals surface area contributed by atoms with E-state index in [0.29, 0.717) is 0 Å². The Kier molecular flexibility index (Phi) is 4.46. The average Bonchev–Trinajstić information content (AvgIpc) is 2.66. The summed E-state index contributed by atoms with van der Waals surface area (Å²) in [5.74, 6) is 0.0538. The van der Waals surface area contributed by atoms with Gasteiger partial charge in [0.1, 0.15) is 6.04 Å². The minimum atomic E-state index is -0.170. The molecule has 1 aromatic rings. The summed E-state index contributed by atoms with van der Waals surface area (Å²) >= 11 is 1.62. The van der Waals surface area contributed by atoms with Crippen LogP contribution in [0.4, 0.5) is 5.69 Å². The molecule has 0 spiro atoms. The summed E-state index contributed by atoms with van der Waals surface area (Å²) in [6.45, 7) is 4.65. The van der Waals surface area contributed by atoms with Crippen LogP contribution < -0.4 is 10.6 Å². The van der Waals surface area contributed by atoms with Crippen LogP contribution in [0.3, 0.4) is 0 Å². The molecule has 1 rings (SSSR count). The number of nitrogens with one attached hydrogen (secondary N) is 2. The third kappa shape index (κ3) is 3.38. The van der Waals surface area contributed by atoms with Gasteiger partial charge in [-0.1, -0.05) is 6.92 Å². The first-order valence-electron chi connectivity index (χ1n) is 4.80. The van der Waals surface area contributed by atoms with E-state index >= 15 is 0 Å². The van der Waals surface area contributed by atoms with Crippen molar-refractivity contribution in [3.63, 3.8) is 0 Å². The maximum absolute atomic E-state index is 11.5. The molecule has 0 aliphatic heterocycles. The summed E-state index contributed by atoms with van der Waals surface area (Å²) in [7, 11) is 0. The lowest BCUT2D eigenvalue weighted by molar-refractivity contribution is -0.121. The smallest absolute Gasteiger partial charge is 0.242 e. The molecule has 0 saturated carbocycles. The Morgan fingerprint density at radius 2 is 2.43 bits per heavy atom. The molecular weight excluding hydrogens is 196 g/mol. The van der Waals surface area contributed by atoms with Crippen molar-refractivity contribution in [2.45, 2.75) is 26.3 Å². The fourth-order valence-corrected chi connectivity index (χ4v) is 1.66. The normalized spacial score (nSPS) is 12.1. The highest BCUT2D eigenvalue weighted by atomic mass is 32.1. The molecule has 1 unspecified atom stereocenters. The summed E-state index contributed by atoms with van der Waals surface area (Å²) in [5.41, 5.74) is 1.01. The number of carbonyl (C=O) groups is 1. The van der Waals surface area contributed by atoms with Crippen molar-refractivity contribution >= 4 is 22.9 Å². The Morgan fingerprint density at radius 3 is 3.00 bits per heavy atom. The summed E-state index contributed by atoms with van der Waals surface area (Å²) in [6, 6.07) is 1.80. The minimum Gasteiger partial charge on any atom is -0.373 e. The van der Waals surface area contributed by atoms with Crippen LogP contribution in [0.5, 0.6) is 0 Å². The largest absolute Gasteiger partial charge is 0.373 e. The molecule has 0 fully saturated rings. The molecule has 0 saturated heterocycles. The van der Waals surface area contributed by atoms with Gasteiger partial charge in [0, 0.05) is 17.6 Å². The zero-order chi connectivity index (χ0) is 10.4. The van der Waals surface area contributed by atoms with Crippen LogP contribution in [0.1, 0.15) is 20.3 Å². The van der Waals surface area contributed by atoms with E-state index in [-0.39, 0.29) is 11.9 Å². The molecule has 0 aromatic carbocycles. The molecule has 14 heavy (non-hydrogen) atoms. The van der Waals surface area contributed by atoms with E-state index in [2.05, 4.69) is 10.6 Å². The van der Waals surface area contributed by atoms with Gasteiger partial charge < -0.3 is 10.6 Å². The van der Waals surface area contributed by atoms with Crippen molar-refractivity contribution in [3.8, 4) is 0 Å². The van der Waals surface area contributed by atoms with E-state index in [1.165, 1.54) is 0 Å². The number of hydrogen-bond acceptors (Lipinski definition) is 3. The number of rotatable bonds is 5. The van der Waals surface area contributed by atoms with Crippen LogP contribution in [-0.2, 0) is 4.79 Å². The SMILES string of the molecule is CCCNC(=O)C(C)Nc1ccsc1. The Balaban J connectivity index is 2.34. The monoisotopic (exact) mass is 212 g/mol. The van der Waals surface area contributed by atoms with Crippen molar-refractivity contribution in [1.82, 2.24) is 5.32 Å². The zero-order valence-electron chi connectivity index (χ0n) is 8.54. The molecule has 2 N–H and O–H groups in total. The first kappa shape index (κ1) is 11.0. The standard InChI is InChI=1S/C10H16N2OS/c1-3-5-11-10(13)8(2)12-9-4-6-14-7-9/h4,6-8,12H,3,5H2,1-2H3,(H,11,13). The van der Waals surface area contributed by atoms with E-state index in [1.54, 1.807) is 11.3 Å². The van der Waals surface area contributed by atoms with Crippen LogP contribution in [0, 0.1) is 0 Å². The van der Waals surface area contributed by atoms with Gasteiger partial charge in [-0.2, -0.15) is 11.3 Å². The maximum Gasteiger partial charge on any atom is 0.242 e. The molecule has 0 bridgehead atoms. The second-order valence-corrected chi connectivity index (χ2v) is 3.95. The Hall–Kier alpha value is -1.03. The Bertz CT molecular complexity index is 272. The van der Waals surface area contributed by atoms with Gasteiger partial charge in [0.2, 0.25) is 5.91 Å². The molecule has 1 atom stereocenters. The highest BCUT2D eigenvalue weighted by Crippen LogP contribution is 2.12. The van der Waals surface area contributed by atoms with Gasteiger partial charge in [-0.05, 0) is 24.8 Å². The van der Waals surface area contributed by atoms with Gasteiger partial charge in [-0.25, -0.2) is 0 Å². The summed E-state index contributed by atoms with van der Waals surface area (Å²) in [6.07, 6.45) is 0.969. The molecule has 1 amide bonds. The molecule has 4 heteroatoms. The third-order valence-corrected chi connectivity index (χ3v) is 2.53. The Labute approximate surface area is 88.5 Å². The van der Waals surface area contributed by atoms with Gasteiger partial charge in [-0.15, -0.1) is 0 Å². The molecule has 1 aromatic heterocycles. The van der Waals surface area contributed by atoms with E-state index in [4.69, 9.17) is 0 Å².